The SMILES string of the molecule is CCN(CC)CCN1C(=O)C(=O)/C(=C(\O)c2ccc3c(c2)OCCO3)C1c1ccco1. The summed E-state index contributed by atoms with van der Waals surface area (Å²) in [5.41, 5.74) is 0.388. The first kappa shape index (κ1) is 21.0. The van der Waals surface area contributed by atoms with Crippen LogP contribution in [0.5, 0.6) is 11.5 Å². The smallest absolute Gasteiger partial charge is 0.295 e. The lowest BCUT2D eigenvalue weighted by atomic mass is 9.99. The molecule has 1 N–H and O–H groups in total. The Morgan fingerprint density at radius 3 is 2.55 bits per heavy atom. The predicted octanol–water partition coefficient (Wildman–Crippen LogP) is 2.81. The minimum absolute atomic E-state index is 0.0103. The van der Waals surface area contributed by atoms with Crippen LogP contribution in [-0.4, -0.2) is 66.0 Å². The van der Waals surface area contributed by atoms with Gasteiger partial charge in [0.1, 0.15) is 30.8 Å². The van der Waals surface area contributed by atoms with Gasteiger partial charge in [0, 0.05) is 18.7 Å². The van der Waals surface area contributed by atoms with E-state index < -0.39 is 17.7 Å². The zero-order valence-corrected chi connectivity index (χ0v) is 17.7. The lowest BCUT2D eigenvalue weighted by Gasteiger charge is -2.26. The zero-order chi connectivity index (χ0) is 22.0. The van der Waals surface area contributed by atoms with E-state index >= 15 is 0 Å². The van der Waals surface area contributed by atoms with E-state index in [9.17, 15) is 14.7 Å². The number of Topliss-reactive ketones (excluding diaryl/α,β-unsaturated/α-hetero) is 1. The molecule has 1 unspecified atom stereocenters. The van der Waals surface area contributed by atoms with Crippen molar-refractivity contribution in [3.63, 3.8) is 0 Å². The number of carbonyl (C=O) groups is 2. The zero-order valence-electron chi connectivity index (χ0n) is 17.7. The summed E-state index contributed by atoms with van der Waals surface area (Å²) in [5.74, 6) is -0.147. The highest BCUT2D eigenvalue weighted by atomic mass is 16.6. The predicted molar refractivity (Wildman–Crippen MR) is 113 cm³/mol. The molecule has 1 fully saturated rings. The summed E-state index contributed by atoms with van der Waals surface area (Å²) in [6, 6.07) is 7.56. The number of ether oxygens (including phenoxy) is 2. The lowest BCUT2D eigenvalue weighted by molar-refractivity contribution is -0.140. The maximum Gasteiger partial charge on any atom is 0.295 e. The summed E-state index contributed by atoms with van der Waals surface area (Å²) < 4.78 is 16.7. The van der Waals surface area contributed by atoms with Gasteiger partial charge in [-0.2, -0.15) is 0 Å². The normalized spacial score (nSPS) is 20.0. The molecule has 1 amide bonds. The molecule has 4 rings (SSSR count). The number of carbonyl (C=O) groups excluding carboxylic acids is 2. The van der Waals surface area contributed by atoms with E-state index in [-0.39, 0.29) is 11.3 Å². The molecule has 2 aromatic rings. The highest BCUT2D eigenvalue weighted by molar-refractivity contribution is 6.46. The fourth-order valence-corrected chi connectivity index (χ4v) is 3.99. The Balaban J connectivity index is 1.74. The monoisotopic (exact) mass is 426 g/mol. The van der Waals surface area contributed by atoms with Crippen molar-refractivity contribution < 1.29 is 28.6 Å². The van der Waals surface area contributed by atoms with Crippen molar-refractivity contribution >= 4 is 17.4 Å². The van der Waals surface area contributed by atoms with E-state index in [0.717, 1.165) is 13.1 Å². The molecule has 164 valence electrons. The molecule has 0 aliphatic carbocycles. The van der Waals surface area contributed by atoms with E-state index in [1.807, 2.05) is 13.8 Å². The highest BCUT2D eigenvalue weighted by Gasteiger charge is 2.47. The summed E-state index contributed by atoms with van der Waals surface area (Å²) in [6.45, 7) is 7.57. The topological polar surface area (TPSA) is 92.5 Å². The lowest BCUT2D eigenvalue weighted by Crippen LogP contribution is -2.37. The molecule has 2 aliphatic heterocycles. The molecule has 1 aromatic heterocycles. The minimum atomic E-state index is -0.793. The van der Waals surface area contributed by atoms with Crippen LogP contribution in [0.25, 0.3) is 5.76 Å². The molecule has 1 atom stereocenters. The summed E-state index contributed by atoms with van der Waals surface area (Å²) in [7, 11) is 0. The molecule has 0 saturated carbocycles. The quantitative estimate of drug-likeness (QED) is 0.413. The number of likely N-dealkylation sites (tertiary alicyclic amines) is 1. The van der Waals surface area contributed by atoms with Crippen molar-refractivity contribution in [3.8, 4) is 11.5 Å². The number of aliphatic hydroxyl groups excluding tert-OH is 1. The summed E-state index contributed by atoms with van der Waals surface area (Å²) in [5, 5.41) is 11.1. The average Bonchev–Trinajstić information content (AvgIpc) is 3.41. The van der Waals surface area contributed by atoms with E-state index in [2.05, 4.69) is 4.90 Å². The number of fused-ring (bicyclic) bond motifs is 1. The van der Waals surface area contributed by atoms with Crippen molar-refractivity contribution in [3.05, 3.63) is 53.5 Å². The van der Waals surface area contributed by atoms with Gasteiger partial charge in [-0.05, 0) is 43.4 Å². The minimum Gasteiger partial charge on any atom is -0.507 e. The summed E-state index contributed by atoms with van der Waals surface area (Å²) in [6.07, 6.45) is 1.49. The third-order valence-corrected chi connectivity index (χ3v) is 5.72. The van der Waals surface area contributed by atoms with E-state index in [1.54, 1.807) is 30.3 Å². The van der Waals surface area contributed by atoms with Gasteiger partial charge < -0.3 is 28.8 Å². The van der Waals surface area contributed by atoms with Crippen LogP contribution < -0.4 is 9.47 Å². The second-order valence-electron chi connectivity index (χ2n) is 7.39. The fraction of sp³-hybridized carbons (Fsp3) is 0.391. The number of amides is 1. The van der Waals surface area contributed by atoms with Crippen molar-refractivity contribution in [2.75, 3.05) is 39.4 Å². The molecule has 1 aromatic carbocycles. The van der Waals surface area contributed by atoms with Crippen LogP contribution in [0.3, 0.4) is 0 Å². The van der Waals surface area contributed by atoms with Crippen molar-refractivity contribution in [1.82, 2.24) is 9.80 Å². The Hall–Kier alpha value is -3.26. The first-order chi connectivity index (χ1) is 15.0. The van der Waals surface area contributed by atoms with Crippen molar-refractivity contribution in [2.45, 2.75) is 19.9 Å². The van der Waals surface area contributed by atoms with E-state index in [1.165, 1.54) is 11.2 Å². The fourth-order valence-electron chi connectivity index (χ4n) is 3.99. The summed E-state index contributed by atoms with van der Waals surface area (Å²) in [4.78, 5) is 29.5. The third-order valence-electron chi connectivity index (χ3n) is 5.72. The van der Waals surface area contributed by atoms with Gasteiger partial charge in [0.05, 0.1) is 11.8 Å². The number of likely N-dealkylation sites (N-methyl/N-ethyl adjacent to an activating group) is 1. The van der Waals surface area contributed by atoms with Gasteiger partial charge in [-0.25, -0.2) is 0 Å². The number of rotatable bonds is 7. The molecule has 8 heteroatoms. The molecular weight excluding hydrogens is 400 g/mol. The number of hydrogen-bond donors (Lipinski definition) is 1. The second-order valence-corrected chi connectivity index (χ2v) is 7.39. The van der Waals surface area contributed by atoms with Gasteiger partial charge in [0.25, 0.3) is 11.7 Å². The first-order valence-electron chi connectivity index (χ1n) is 10.5. The van der Waals surface area contributed by atoms with Crippen LogP contribution >= 0.6 is 0 Å². The Labute approximate surface area is 180 Å². The molecule has 3 heterocycles. The molecule has 1 saturated heterocycles. The molecular formula is C23H26N2O6. The number of benzene rings is 1. The third kappa shape index (κ3) is 3.90. The Morgan fingerprint density at radius 1 is 1.13 bits per heavy atom. The Kier molecular flexibility index (Phi) is 5.99. The Morgan fingerprint density at radius 2 is 1.87 bits per heavy atom. The number of hydrogen-bond acceptors (Lipinski definition) is 7. The van der Waals surface area contributed by atoms with E-state index in [0.29, 0.717) is 49.1 Å². The average molecular weight is 426 g/mol. The largest absolute Gasteiger partial charge is 0.507 e. The van der Waals surface area contributed by atoms with Crippen LogP contribution in [0.1, 0.15) is 31.2 Å². The maximum atomic E-state index is 13.0. The van der Waals surface area contributed by atoms with Gasteiger partial charge in [0.15, 0.2) is 11.5 Å². The van der Waals surface area contributed by atoms with Gasteiger partial charge >= 0.3 is 0 Å². The highest BCUT2D eigenvalue weighted by Crippen LogP contribution is 2.41. The van der Waals surface area contributed by atoms with Crippen LogP contribution in [-0.2, 0) is 9.59 Å². The number of furan rings is 1. The van der Waals surface area contributed by atoms with Gasteiger partial charge in [-0.3, -0.25) is 9.59 Å². The number of aliphatic hydroxyl groups is 1. The molecule has 31 heavy (non-hydrogen) atoms. The second kappa shape index (κ2) is 8.85. The first-order valence-corrected chi connectivity index (χ1v) is 10.5. The van der Waals surface area contributed by atoms with E-state index in [4.69, 9.17) is 13.9 Å². The van der Waals surface area contributed by atoms with Crippen LogP contribution in [0.4, 0.5) is 0 Å². The van der Waals surface area contributed by atoms with Crippen LogP contribution in [0, 0.1) is 0 Å². The van der Waals surface area contributed by atoms with Gasteiger partial charge in [0.2, 0.25) is 0 Å². The van der Waals surface area contributed by atoms with Crippen LogP contribution in [0.2, 0.25) is 0 Å². The standard InChI is InChI=1S/C23H26N2O6/c1-3-24(4-2)9-10-25-20(17-6-5-11-29-17)19(22(27)23(25)28)21(26)15-7-8-16-18(14-15)31-13-12-30-16/h5-8,11,14,20,26H,3-4,9-10,12-13H2,1-2H3/b21-19-. The number of ketones is 1. The van der Waals surface area contributed by atoms with Gasteiger partial charge in [-0.1, -0.05) is 13.8 Å². The van der Waals surface area contributed by atoms with Gasteiger partial charge in [-0.15, -0.1) is 0 Å². The molecule has 0 radical (unpaired) electrons. The maximum absolute atomic E-state index is 13.0. The molecule has 0 bridgehead atoms. The molecule has 0 spiro atoms. The molecule has 8 nitrogen and oxygen atoms in total. The van der Waals surface area contributed by atoms with Crippen LogP contribution in [0.15, 0.2) is 46.6 Å². The van der Waals surface area contributed by atoms with Crippen molar-refractivity contribution in [1.29, 1.82) is 0 Å². The Bertz CT molecular complexity index is 994. The molecule has 2 aliphatic rings. The number of nitrogens with zero attached hydrogens (tertiary/aromatic N) is 2. The summed E-state index contributed by atoms with van der Waals surface area (Å²) >= 11 is 0. The van der Waals surface area contributed by atoms with Crippen molar-refractivity contribution in [2.24, 2.45) is 0 Å².